The lowest BCUT2D eigenvalue weighted by Crippen LogP contribution is -2.11. The van der Waals surface area contributed by atoms with Crippen molar-refractivity contribution < 1.29 is 0 Å². The molecule has 106 valence electrons. The number of hydrogen-bond acceptors (Lipinski definition) is 4. The van der Waals surface area contributed by atoms with Crippen molar-refractivity contribution in [3.63, 3.8) is 0 Å². The van der Waals surface area contributed by atoms with Crippen LogP contribution in [0.2, 0.25) is 0 Å². The van der Waals surface area contributed by atoms with Gasteiger partial charge in [-0.3, -0.25) is 14.3 Å². The molecule has 2 aromatic heterocycles. The van der Waals surface area contributed by atoms with E-state index >= 15 is 0 Å². The summed E-state index contributed by atoms with van der Waals surface area (Å²) in [6.45, 7) is 3.37. The average Bonchev–Trinajstić information content (AvgIpc) is 2.98. The number of rotatable bonds is 2. The van der Waals surface area contributed by atoms with Crippen LogP contribution in [-0.4, -0.2) is 26.2 Å². The Balaban J connectivity index is 2.10. The minimum absolute atomic E-state index is 0.167. The number of aliphatic imine (C=N–C) groups is 1. The van der Waals surface area contributed by atoms with Crippen LogP contribution in [-0.2, 0) is 0 Å². The molecule has 0 saturated heterocycles. The van der Waals surface area contributed by atoms with Crippen LogP contribution in [0.1, 0.15) is 0 Å². The molecule has 1 N–H and O–H groups in total. The molecule has 6 heteroatoms. The maximum absolute atomic E-state index is 12.3. The highest BCUT2D eigenvalue weighted by Gasteiger charge is 2.13. The topological polar surface area (TPSA) is 75.9 Å². The molecule has 0 aliphatic carbocycles. The van der Waals surface area contributed by atoms with Gasteiger partial charge in [-0.05, 0) is 18.2 Å². The Morgan fingerprint density at radius 3 is 2.82 bits per heavy atom. The van der Waals surface area contributed by atoms with E-state index < -0.39 is 0 Å². The van der Waals surface area contributed by atoms with Crippen LogP contribution in [0.3, 0.4) is 0 Å². The number of fused-ring (bicyclic) bond motifs is 2. The number of aromatic amines is 1. The molecule has 0 amide bonds. The first-order chi connectivity index (χ1) is 10.8. The fourth-order valence-electron chi connectivity index (χ4n) is 2.60. The Morgan fingerprint density at radius 1 is 1.14 bits per heavy atom. The Morgan fingerprint density at radius 2 is 1.95 bits per heavy atom. The second-order valence-corrected chi connectivity index (χ2v) is 4.83. The van der Waals surface area contributed by atoms with E-state index in [1.165, 1.54) is 0 Å². The number of nitrogens with zero attached hydrogens (tertiary/aromatic N) is 4. The van der Waals surface area contributed by atoms with Crippen LogP contribution in [0.5, 0.6) is 0 Å². The van der Waals surface area contributed by atoms with E-state index in [9.17, 15) is 4.79 Å². The molecular formula is C16H11N5O. The van der Waals surface area contributed by atoms with Crippen molar-refractivity contribution in [2.75, 3.05) is 0 Å². The van der Waals surface area contributed by atoms with Crippen LogP contribution in [0.25, 0.3) is 27.6 Å². The van der Waals surface area contributed by atoms with E-state index in [0.717, 1.165) is 16.5 Å². The van der Waals surface area contributed by atoms with Crippen LogP contribution in [0.4, 0.5) is 5.95 Å². The van der Waals surface area contributed by atoms with Gasteiger partial charge >= 0.3 is 0 Å². The summed E-state index contributed by atoms with van der Waals surface area (Å²) in [7, 11) is 0. The molecule has 0 aliphatic heterocycles. The molecule has 2 heterocycles. The van der Waals surface area contributed by atoms with Gasteiger partial charge in [0, 0.05) is 5.39 Å². The fraction of sp³-hybridized carbons (Fsp3) is 0. The number of hydrogen-bond donors (Lipinski definition) is 1. The summed E-state index contributed by atoms with van der Waals surface area (Å²) in [6, 6.07) is 13.9. The molecule has 4 rings (SSSR count). The van der Waals surface area contributed by atoms with E-state index in [4.69, 9.17) is 0 Å². The van der Waals surface area contributed by atoms with E-state index in [2.05, 4.69) is 26.7 Å². The predicted octanol–water partition coefficient (Wildman–Crippen LogP) is 2.59. The molecule has 0 saturated carbocycles. The summed E-state index contributed by atoms with van der Waals surface area (Å²) in [5.41, 5.74) is 1.33. The summed E-state index contributed by atoms with van der Waals surface area (Å²) >= 11 is 0. The molecule has 6 nitrogen and oxygen atoms in total. The maximum atomic E-state index is 12.3. The van der Waals surface area contributed by atoms with Gasteiger partial charge < -0.3 is 0 Å². The highest BCUT2D eigenvalue weighted by Crippen LogP contribution is 2.24. The molecule has 0 spiro atoms. The van der Waals surface area contributed by atoms with Crippen molar-refractivity contribution in [1.29, 1.82) is 0 Å². The van der Waals surface area contributed by atoms with Gasteiger partial charge in [0.2, 0.25) is 5.95 Å². The number of imidazole rings is 1. The molecule has 4 aromatic rings. The normalized spacial score (nSPS) is 11.1. The summed E-state index contributed by atoms with van der Waals surface area (Å²) in [4.78, 5) is 26.9. The molecule has 0 unspecified atom stereocenters. The van der Waals surface area contributed by atoms with Gasteiger partial charge in [-0.25, -0.2) is 9.98 Å². The zero-order valence-corrected chi connectivity index (χ0v) is 11.5. The van der Waals surface area contributed by atoms with E-state index in [0.29, 0.717) is 11.2 Å². The Bertz CT molecular complexity index is 1070. The minimum Gasteiger partial charge on any atom is -0.292 e. The zero-order chi connectivity index (χ0) is 15.1. The molecule has 0 radical (unpaired) electrons. The lowest BCUT2D eigenvalue weighted by atomic mass is 10.1. The van der Waals surface area contributed by atoms with E-state index in [-0.39, 0.29) is 11.5 Å². The molecule has 22 heavy (non-hydrogen) atoms. The van der Waals surface area contributed by atoms with Gasteiger partial charge in [0.1, 0.15) is 6.33 Å². The van der Waals surface area contributed by atoms with Crippen molar-refractivity contribution in [3.05, 3.63) is 59.1 Å². The van der Waals surface area contributed by atoms with Gasteiger partial charge in [-0.2, -0.15) is 4.98 Å². The van der Waals surface area contributed by atoms with Crippen molar-refractivity contribution in [1.82, 2.24) is 19.5 Å². The monoisotopic (exact) mass is 289 g/mol. The number of benzene rings is 2. The minimum atomic E-state index is -0.294. The third kappa shape index (κ3) is 1.74. The lowest BCUT2D eigenvalue weighted by Gasteiger charge is -2.08. The quantitative estimate of drug-likeness (QED) is 0.576. The molecular weight excluding hydrogens is 278 g/mol. The summed E-state index contributed by atoms with van der Waals surface area (Å²) < 4.78 is 1.75. The lowest BCUT2D eigenvalue weighted by molar-refractivity contribution is 1.08. The van der Waals surface area contributed by atoms with Crippen LogP contribution >= 0.6 is 0 Å². The zero-order valence-electron chi connectivity index (χ0n) is 11.5. The third-order valence-electron chi connectivity index (χ3n) is 3.58. The van der Waals surface area contributed by atoms with Gasteiger partial charge in [0.15, 0.2) is 11.2 Å². The standard InChI is InChI=1S/C16H11N5O/c1-17-16-19-14-13(15(22)20-16)21(9-18-14)12-8-4-6-10-5-2-3-7-11(10)12/h2-9H,1H2,(H,19,20,22). The van der Waals surface area contributed by atoms with Crippen molar-refractivity contribution >= 4 is 34.6 Å². The highest BCUT2D eigenvalue weighted by molar-refractivity contribution is 5.91. The predicted molar refractivity (Wildman–Crippen MR) is 86.2 cm³/mol. The SMILES string of the molecule is C=Nc1nc2ncn(-c3cccc4ccccc34)c2c(=O)[nH]1. The summed E-state index contributed by atoms with van der Waals surface area (Å²) in [6.07, 6.45) is 1.60. The van der Waals surface area contributed by atoms with Crippen molar-refractivity contribution in [3.8, 4) is 5.69 Å². The number of aromatic nitrogens is 4. The van der Waals surface area contributed by atoms with Crippen LogP contribution in [0, 0.1) is 0 Å². The smallest absolute Gasteiger partial charge is 0.279 e. The molecule has 0 atom stereocenters. The second kappa shape index (κ2) is 4.63. The fourth-order valence-corrected chi connectivity index (χ4v) is 2.60. The first-order valence-electron chi connectivity index (χ1n) is 6.70. The second-order valence-electron chi connectivity index (χ2n) is 4.83. The number of H-pyrrole nitrogens is 1. The molecule has 0 bridgehead atoms. The average molecular weight is 289 g/mol. The third-order valence-corrected chi connectivity index (χ3v) is 3.58. The van der Waals surface area contributed by atoms with Crippen molar-refractivity contribution in [2.45, 2.75) is 0 Å². The Labute approximate surface area is 124 Å². The summed E-state index contributed by atoms with van der Waals surface area (Å²) in [5.74, 6) is 0.167. The first kappa shape index (κ1) is 12.5. The Kier molecular flexibility index (Phi) is 2.62. The van der Waals surface area contributed by atoms with Gasteiger partial charge in [-0.15, -0.1) is 0 Å². The van der Waals surface area contributed by atoms with Gasteiger partial charge in [0.05, 0.1) is 5.69 Å². The van der Waals surface area contributed by atoms with E-state index in [1.807, 2.05) is 42.5 Å². The molecule has 0 fully saturated rings. The maximum Gasteiger partial charge on any atom is 0.279 e. The number of nitrogens with one attached hydrogen (secondary N) is 1. The highest BCUT2D eigenvalue weighted by atomic mass is 16.1. The van der Waals surface area contributed by atoms with Crippen LogP contribution < -0.4 is 5.56 Å². The van der Waals surface area contributed by atoms with Gasteiger partial charge in [0.25, 0.3) is 5.56 Å². The van der Waals surface area contributed by atoms with E-state index in [1.54, 1.807) is 10.9 Å². The summed E-state index contributed by atoms with van der Waals surface area (Å²) in [5, 5.41) is 2.13. The van der Waals surface area contributed by atoms with Gasteiger partial charge in [-0.1, -0.05) is 36.4 Å². The largest absolute Gasteiger partial charge is 0.292 e. The van der Waals surface area contributed by atoms with Crippen molar-refractivity contribution in [2.24, 2.45) is 4.99 Å². The molecule has 2 aromatic carbocycles. The Hall–Kier alpha value is -3.28. The first-order valence-corrected chi connectivity index (χ1v) is 6.70. The molecule has 0 aliphatic rings. The van der Waals surface area contributed by atoms with Crippen LogP contribution in [0.15, 0.2) is 58.6 Å².